The molecule has 1 fully saturated rings. The van der Waals surface area contributed by atoms with Gasteiger partial charge in [0.2, 0.25) is 0 Å². The Bertz CT molecular complexity index is 1440. The minimum Gasteiger partial charge on any atom is -0.483 e. The van der Waals surface area contributed by atoms with Crippen LogP contribution in [0.15, 0.2) is 54.7 Å². The number of amides is 1. The number of anilines is 1. The number of pyridine rings is 1. The average molecular weight is 573 g/mol. The van der Waals surface area contributed by atoms with E-state index in [1.54, 1.807) is 11.0 Å². The summed E-state index contributed by atoms with van der Waals surface area (Å²) in [6, 6.07) is 12.7. The molecular weight excluding hydrogens is 540 g/mol. The van der Waals surface area contributed by atoms with Crippen molar-refractivity contribution in [1.29, 1.82) is 0 Å². The Labute approximate surface area is 232 Å². The number of nitrogens with zero attached hydrogens (tertiary/aromatic N) is 2. The van der Waals surface area contributed by atoms with Crippen molar-refractivity contribution in [3.8, 4) is 17.0 Å². The fourth-order valence-corrected chi connectivity index (χ4v) is 6.39. The van der Waals surface area contributed by atoms with E-state index in [0.29, 0.717) is 16.8 Å². The Kier molecular flexibility index (Phi) is 6.86. The van der Waals surface area contributed by atoms with E-state index in [-0.39, 0.29) is 40.1 Å². The van der Waals surface area contributed by atoms with E-state index in [9.17, 15) is 22.4 Å². The van der Waals surface area contributed by atoms with Gasteiger partial charge in [0.25, 0.3) is 5.91 Å². The van der Waals surface area contributed by atoms with Gasteiger partial charge < -0.3 is 14.1 Å². The highest BCUT2D eigenvalue weighted by Crippen LogP contribution is 2.54. The third-order valence-corrected chi connectivity index (χ3v) is 12.6. The predicted molar refractivity (Wildman–Crippen MR) is 147 cm³/mol. The van der Waals surface area contributed by atoms with Crippen LogP contribution in [0.4, 0.5) is 23.2 Å². The summed E-state index contributed by atoms with van der Waals surface area (Å²) in [7, 11) is -1.98. The van der Waals surface area contributed by atoms with Crippen LogP contribution < -0.4 is 9.64 Å². The molecule has 1 amide bonds. The van der Waals surface area contributed by atoms with Crippen LogP contribution in [0.2, 0.25) is 18.1 Å². The van der Waals surface area contributed by atoms with Crippen molar-refractivity contribution in [1.82, 2.24) is 4.98 Å². The number of fused-ring (bicyclic) bond motifs is 1. The molecule has 0 N–H and O–H groups in total. The van der Waals surface area contributed by atoms with E-state index in [1.807, 2.05) is 24.3 Å². The summed E-state index contributed by atoms with van der Waals surface area (Å²) in [4.78, 5) is 19.4. The molecule has 40 heavy (non-hydrogen) atoms. The van der Waals surface area contributed by atoms with Crippen LogP contribution in [-0.4, -0.2) is 32.0 Å². The Morgan fingerprint density at radius 1 is 1.00 bits per heavy atom. The van der Waals surface area contributed by atoms with Crippen molar-refractivity contribution >= 4 is 19.9 Å². The number of hydrogen-bond donors (Lipinski definition) is 0. The van der Waals surface area contributed by atoms with Gasteiger partial charge in [0.15, 0.2) is 14.9 Å². The quantitative estimate of drug-likeness (QED) is 0.213. The van der Waals surface area contributed by atoms with Crippen molar-refractivity contribution in [3.63, 3.8) is 0 Å². The zero-order chi connectivity index (χ0) is 29.1. The standard InChI is InChI=1S/C30H32F4N2O3Si/c1-28(2,3)40(4,5)39-29(13-14-29)19-6-9-21(10-7-19)36-17-24-22(27(36)37)12-15-35-26(24)23-11-8-20(31)16-25(23)38-18-30(32,33)34/h6-12,15-16H,13-14,17-18H2,1-5H3. The molecule has 1 saturated carbocycles. The van der Waals surface area contributed by atoms with Gasteiger partial charge in [-0.2, -0.15) is 13.2 Å². The van der Waals surface area contributed by atoms with Crippen LogP contribution in [-0.2, 0) is 16.6 Å². The molecule has 1 aliphatic carbocycles. The van der Waals surface area contributed by atoms with Crippen molar-refractivity contribution < 1.29 is 31.5 Å². The zero-order valence-electron chi connectivity index (χ0n) is 23.2. The van der Waals surface area contributed by atoms with Crippen LogP contribution in [0, 0.1) is 5.82 Å². The number of halogens is 4. The number of alkyl halides is 3. The van der Waals surface area contributed by atoms with Crippen molar-refractivity contribution in [2.45, 2.75) is 70.1 Å². The Hall–Kier alpha value is -3.24. The van der Waals surface area contributed by atoms with E-state index in [0.717, 1.165) is 30.5 Å². The van der Waals surface area contributed by atoms with Gasteiger partial charge in [0.05, 0.1) is 17.8 Å². The Morgan fingerprint density at radius 3 is 2.27 bits per heavy atom. The van der Waals surface area contributed by atoms with Crippen LogP contribution in [0.1, 0.15) is 55.1 Å². The second-order valence-corrected chi connectivity index (χ2v) is 16.7. The van der Waals surface area contributed by atoms with Gasteiger partial charge >= 0.3 is 6.18 Å². The monoisotopic (exact) mass is 572 g/mol. The van der Waals surface area contributed by atoms with Crippen LogP contribution in [0.3, 0.4) is 0 Å². The first kappa shape index (κ1) is 28.3. The summed E-state index contributed by atoms with van der Waals surface area (Å²) in [5.41, 5.74) is 2.89. The van der Waals surface area contributed by atoms with Crippen molar-refractivity contribution in [2.24, 2.45) is 0 Å². The zero-order valence-corrected chi connectivity index (χ0v) is 24.2. The van der Waals surface area contributed by atoms with Crippen LogP contribution >= 0.6 is 0 Å². The maximum absolute atomic E-state index is 13.9. The van der Waals surface area contributed by atoms with Gasteiger partial charge in [-0.3, -0.25) is 9.78 Å². The second kappa shape index (κ2) is 9.69. The number of rotatable bonds is 7. The molecular formula is C30H32F4N2O3Si. The topological polar surface area (TPSA) is 51.7 Å². The fourth-order valence-electron chi connectivity index (χ4n) is 4.79. The van der Waals surface area contributed by atoms with Crippen LogP contribution in [0.25, 0.3) is 11.3 Å². The minimum absolute atomic E-state index is 0.0875. The maximum atomic E-state index is 13.9. The molecule has 2 aliphatic rings. The number of benzene rings is 2. The van der Waals surface area contributed by atoms with Gasteiger partial charge in [-0.05, 0) is 66.9 Å². The highest BCUT2D eigenvalue weighted by Gasteiger charge is 2.52. The number of hydrogen-bond acceptors (Lipinski definition) is 4. The normalized spacial score (nSPS) is 16.7. The largest absolute Gasteiger partial charge is 0.483 e. The first-order valence-electron chi connectivity index (χ1n) is 13.2. The Morgan fingerprint density at radius 2 is 1.68 bits per heavy atom. The van der Waals surface area contributed by atoms with E-state index in [1.165, 1.54) is 12.3 Å². The number of ether oxygens (including phenoxy) is 1. The third kappa shape index (κ3) is 5.39. The molecule has 0 spiro atoms. The molecule has 0 saturated heterocycles. The van der Waals surface area contributed by atoms with Gasteiger partial charge in [0, 0.05) is 34.6 Å². The average Bonchev–Trinajstić information content (AvgIpc) is 3.56. The second-order valence-electron chi connectivity index (χ2n) is 12.0. The lowest BCUT2D eigenvalue weighted by Crippen LogP contribution is -2.44. The SMILES string of the molecule is CC(C)(C)[Si](C)(C)OC1(c2ccc(N3Cc4c(ccnc4-c4ccc(F)cc4OCC(F)(F)F)C3=O)cc2)CC1. The summed E-state index contributed by atoms with van der Waals surface area (Å²) >= 11 is 0. The molecule has 212 valence electrons. The molecule has 1 aliphatic heterocycles. The predicted octanol–water partition coefficient (Wildman–Crippen LogP) is 8.00. The highest BCUT2D eigenvalue weighted by molar-refractivity contribution is 6.74. The minimum atomic E-state index is -4.59. The first-order chi connectivity index (χ1) is 18.6. The summed E-state index contributed by atoms with van der Waals surface area (Å²) in [5.74, 6) is -1.27. The molecule has 2 heterocycles. The lowest BCUT2D eigenvalue weighted by atomic mass is 10.0. The molecule has 2 aromatic carbocycles. The molecule has 1 aromatic heterocycles. The van der Waals surface area contributed by atoms with E-state index >= 15 is 0 Å². The number of carbonyl (C=O) groups is 1. The van der Waals surface area contributed by atoms with Gasteiger partial charge in [-0.25, -0.2) is 4.39 Å². The highest BCUT2D eigenvalue weighted by atomic mass is 28.4. The summed E-state index contributed by atoms with van der Waals surface area (Å²) in [6.45, 7) is 9.73. The first-order valence-corrected chi connectivity index (χ1v) is 16.1. The molecule has 0 unspecified atom stereocenters. The number of aromatic nitrogens is 1. The summed E-state index contributed by atoms with van der Waals surface area (Å²) < 4.78 is 64.1. The molecule has 5 rings (SSSR count). The lowest BCUT2D eigenvalue weighted by Gasteiger charge is -2.40. The summed E-state index contributed by atoms with van der Waals surface area (Å²) in [5, 5.41) is 0.0875. The molecule has 0 radical (unpaired) electrons. The van der Waals surface area contributed by atoms with Crippen molar-refractivity contribution in [2.75, 3.05) is 11.5 Å². The molecule has 3 aromatic rings. The van der Waals surface area contributed by atoms with E-state index in [4.69, 9.17) is 9.16 Å². The molecule has 10 heteroatoms. The smallest absolute Gasteiger partial charge is 0.422 e. The Balaban J connectivity index is 1.41. The van der Waals surface area contributed by atoms with Gasteiger partial charge in [-0.1, -0.05) is 32.9 Å². The van der Waals surface area contributed by atoms with E-state index < -0.39 is 26.9 Å². The van der Waals surface area contributed by atoms with Gasteiger partial charge in [0.1, 0.15) is 11.6 Å². The fraction of sp³-hybridized carbons (Fsp3) is 0.400. The van der Waals surface area contributed by atoms with Gasteiger partial charge in [-0.15, -0.1) is 0 Å². The number of carbonyl (C=O) groups excluding carboxylic acids is 1. The third-order valence-electron chi connectivity index (χ3n) is 8.10. The molecule has 0 bridgehead atoms. The van der Waals surface area contributed by atoms with E-state index in [2.05, 4.69) is 38.8 Å². The molecule has 5 nitrogen and oxygen atoms in total. The summed E-state index contributed by atoms with van der Waals surface area (Å²) in [6.07, 6.45) is -1.26. The lowest BCUT2D eigenvalue weighted by molar-refractivity contribution is -0.153. The van der Waals surface area contributed by atoms with Crippen LogP contribution in [0.5, 0.6) is 5.75 Å². The maximum Gasteiger partial charge on any atom is 0.422 e. The molecule has 0 atom stereocenters. The van der Waals surface area contributed by atoms with Crippen molar-refractivity contribution in [3.05, 3.63) is 77.2 Å².